The lowest BCUT2D eigenvalue weighted by Gasteiger charge is -2.13. The molecule has 0 unspecified atom stereocenters. The highest BCUT2D eigenvalue weighted by molar-refractivity contribution is 6.11. The van der Waals surface area contributed by atoms with E-state index in [4.69, 9.17) is 15.2 Å². The molecule has 0 aliphatic heterocycles. The van der Waals surface area contributed by atoms with Gasteiger partial charge in [-0.3, -0.25) is 4.79 Å². The first-order valence-corrected chi connectivity index (χ1v) is 11.2. The molecule has 0 aromatic heterocycles. The van der Waals surface area contributed by atoms with Crippen LogP contribution in [0.15, 0.2) is 66.2 Å². The van der Waals surface area contributed by atoms with Crippen molar-refractivity contribution in [3.63, 3.8) is 0 Å². The van der Waals surface area contributed by atoms with Crippen molar-refractivity contribution in [3.8, 4) is 5.75 Å². The first-order chi connectivity index (χ1) is 16.0. The fourth-order valence-corrected chi connectivity index (χ4v) is 4.47. The van der Waals surface area contributed by atoms with Crippen molar-refractivity contribution in [3.05, 3.63) is 82.9 Å². The van der Waals surface area contributed by atoms with Crippen LogP contribution in [-0.4, -0.2) is 25.1 Å². The monoisotopic (exact) mass is 441 g/mol. The summed E-state index contributed by atoms with van der Waals surface area (Å²) >= 11 is 0. The summed E-state index contributed by atoms with van der Waals surface area (Å²) in [6, 6.07) is 20.2. The number of benzene rings is 3. The smallest absolute Gasteiger partial charge is 0.344 e. The van der Waals surface area contributed by atoms with E-state index in [9.17, 15) is 9.59 Å². The van der Waals surface area contributed by atoms with Gasteiger partial charge in [0.2, 0.25) is 5.91 Å². The van der Waals surface area contributed by atoms with Gasteiger partial charge in [-0.25, -0.2) is 4.79 Å². The van der Waals surface area contributed by atoms with Crippen LogP contribution in [0.3, 0.4) is 0 Å². The largest absolute Gasteiger partial charge is 0.481 e. The zero-order valence-corrected chi connectivity index (χ0v) is 18.9. The van der Waals surface area contributed by atoms with Gasteiger partial charge in [0, 0.05) is 5.56 Å². The molecule has 2 N–H and O–H groups in total. The van der Waals surface area contributed by atoms with Crippen LogP contribution < -0.4 is 10.5 Å². The number of nitrogens with two attached hydrogens (primary N) is 1. The number of esters is 1. The number of hydrogen-bond donors (Lipinski definition) is 1. The first-order valence-electron chi connectivity index (χ1n) is 11.2. The molecule has 0 heterocycles. The van der Waals surface area contributed by atoms with Crippen molar-refractivity contribution in [2.24, 2.45) is 5.73 Å². The van der Waals surface area contributed by atoms with Gasteiger partial charge in [0.05, 0.1) is 13.0 Å². The van der Waals surface area contributed by atoms with Crippen LogP contribution in [0.4, 0.5) is 0 Å². The molecule has 0 saturated carbocycles. The van der Waals surface area contributed by atoms with Crippen LogP contribution in [-0.2, 0) is 14.3 Å². The lowest BCUT2D eigenvalue weighted by atomic mass is 9.96. The number of rotatable bonds is 8. The second-order valence-electron chi connectivity index (χ2n) is 7.85. The Hall–Kier alpha value is -3.86. The quantitative estimate of drug-likeness (QED) is 0.476. The second kappa shape index (κ2) is 9.74. The van der Waals surface area contributed by atoms with Crippen LogP contribution in [0.25, 0.3) is 28.0 Å². The fraction of sp³-hybridized carbons (Fsp3) is 0.214. The molecule has 1 aliphatic rings. The standard InChI is InChI=1S/C28H27NO4/c1-3-20-23(15-19-11-7-10-18-9-5-6-12-21(18)19)22-13-8-14-25(33-17-27(31)32-4-2)28(22)24(20)16-26(29)30/h5-15H,3-4,16-17H2,1-2H3,(H2,29,30)/b23-15-. The van der Waals surface area contributed by atoms with Crippen molar-refractivity contribution >= 4 is 39.9 Å². The average Bonchev–Trinajstić information content (AvgIpc) is 3.10. The molecule has 5 nitrogen and oxygen atoms in total. The summed E-state index contributed by atoms with van der Waals surface area (Å²) in [5.41, 5.74) is 11.5. The summed E-state index contributed by atoms with van der Waals surface area (Å²) in [5, 5.41) is 2.32. The molecule has 3 aromatic rings. The van der Waals surface area contributed by atoms with Crippen LogP contribution in [0, 0.1) is 0 Å². The predicted molar refractivity (Wildman–Crippen MR) is 131 cm³/mol. The van der Waals surface area contributed by atoms with E-state index in [2.05, 4.69) is 37.3 Å². The van der Waals surface area contributed by atoms with Gasteiger partial charge in [0.15, 0.2) is 6.61 Å². The lowest BCUT2D eigenvalue weighted by molar-refractivity contribution is -0.145. The molecule has 0 bridgehead atoms. The summed E-state index contributed by atoms with van der Waals surface area (Å²) in [7, 11) is 0. The summed E-state index contributed by atoms with van der Waals surface area (Å²) < 4.78 is 10.8. The minimum Gasteiger partial charge on any atom is -0.481 e. The van der Waals surface area contributed by atoms with Gasteiger partial charge >= 0.3 is 5.97 Å². The van der Waals surface area contributed by atoms with Gasteiger partial charge < -0.3 is 15.2 Å². The Bertz CT molecular complexity index is 1280. The van der Waals surface area contributed by atoms with E-state index in [-0.39, 0.29) is 13.0 Å². The van der Waals surface area contributed by atoms with Crippen LogP contribution >= 0.6 is 0 Å². The van der Waals surface area contributed by atoms with Crippen molar-refractivity contribution < 1.29 is 19.1 Å². The second-order valence-corrected chi connectivity index (χ2v) is 7.85. The highest BCUT2D eigenvalue weighted by Crippen LogP contribution is 2.49. The molecule has 3 aromatic carbocycles. The molecule has 0 fully saturated rings. The predicted octanol–water partition coefficient (Wildman–Crippen LogP) is 5.37. The lowest BCUT2D eigenvalue weighted by Crippen LogP contribution is -2.15. The van der Waals surface area contributed by atoms with Crippen molar-refractivity contribution in [1.82, 2.24) is 0 Å². The van der Waals surface area contributed by atoms with E-state index in [1.165, 1.54) is 0 Å². The first kappa shape index (κ1) is 22.3. The molecule has 168 valence electrons. The van der Waals surface area contributed by atoms with E-state index >= 15 is 0 Å². The molecular formula is C28H27NO4. The third kappa shape index (κ3) is 4.53. The Morgan fingerprint density at radius 1 is 0.939 bits per heavy atom. The third-order valence-corrected chi connectivity index (χ3v) is 5.79. The molecule has 1 aliphatic carbocycles. The Kier molecular flexibility index (Phi) is 6.59. The molecule has 0 radical (unpaired) electrons. The van der Waals surface area contributed by atoms with Crippen LogP contribution in [0.1, 0.15) is 43.4 Å². The molecule has 4 rings (SSSR count). The average molecular weight is 442 g/mol. The molecule has 33 heavy (non-hydrogen) atoms. The van der Waals surface area contributed by atoms with Gasteiger partial charge in [0.1, 0.15) is 5.75 Å². The van der Waals surface area contributed by atoms with Crippen LogP contribution in [0.2, 0.25) is 0 Å². The fourth-order valence-electron chi connectivity index (χ4n) is 4.47. The van der Waals surface area contributed by atoms with Gasteiger partial charge in [-0.1, -0.05) is 61.5 Å². The Morgan fingerprint density at radius 2 is 1.70 bits per heavy atom. The van der Waals surface area contributed by atoms with Crippen molar-refractivity contribution in [1.29, 1.82) is 0 Å². The van der Waals surface area contributed by atoms with Crippen molar-refractivity contribution in [2.45, 2.75) is 26.7 Å². The summed E-state index contributed by atoms with van der Waals surface area (Å²) in [6.07, 6.45) is 3.00. The number of ether oxygens (including phenoxy) is 2. The molecular weight excluding hydrogens is 414 g/mol. The Balaban J connectivity index is 1.87. The molecule has 0 spiro atoms. The maximum absolute atomic E-state index is 12.0. The van der Waals surface area contributed by atoms with E-state index in [0.717, 1.165) is 50.6 Å². The zero-order valence-electron chi connectivity index (χ0n) is 18.9. The molecule has 5 heteroatoms. The summed E-state index contributed by atoms with van der Waals surface area (Å²) in [4.78, 5) is 23.9. The topological polar surface area (TPSA) is 78.6 Å². The van der Waals surface area contributed by atoms with Gasteiger partial charge in [-0.05, 0) is 64.1 Å². The van der Waals surface area contributed by atoms with Crippen LogP contribution in [0.5, 0.6) is 5.75 Å². The number of carbonyl (C=O) groups is 2. The SMILES string of the molecule is CCOC(=O)COc1cccc2c1C(CC(N)=O)=C(CC)/C2=C/c1cccc2ccccc12. The molecule has 1 amide bonds. The molecule has 0 atom stereocenters. The summed E-state index contributed by atoms with van der Waals surface area (Å²) in [5.74, 6) is -0.298. The van der Waals surface area contributed by atoms with E-state index in [1.54, 1.807) is 6.92 Å². The number of primary amides is 1. The van der Waals surface area contributed by atoms with E-state index in [0.29, 0.717) is 12.4 Å². The Labute approximate surface area is 193 Å². The van der Waals surface area contributed by atoms with E-state index in [1.807, 2.05) is 36.4 Å². The maximum Gasteiger partial charge on any atom is 0.344 e. The van der Waals surface area contributed by atoms with E-state index < -0.39 is 11.9 Å². The number of amides is 1. The highest BCUT2D eigenvalue weighted by atomic mass is 16.6. The van der Waals surface area contributed by atoms with Gasteiger partial charge in [-0.15, -0.1) is 0 Å². The minimum absolute atomic E-state index is 0.100. The Morgan fingerprint density at radius 3 is 2.45 bits per heavy atom. The van der Waals surface area contributed by atoms with Gasteiger partial charge in [-0.2, -0.15) is 0 Å². The number of fused-ring (bicyclic) bond motifs is 2. The maximum atomic E-state index is 12.0. The van der Waals surface area contributed by atoms with Crippen molar-refractivity contribution in [2.75, 3.05) is 13.2 Å². The minimum atomic E-state index is -0.434. The highest BCUT2D eigenvalue weighted by Gasteiger charge is 2.29. The number of allylic oxidation sites excluding steroid dienone is 2. The normalized spacial score (nSPS) is 13.9. The van der Waals surface area contributed by atoms with Gasteiger partial charge in [0.25, 0.3) is 0 Å². The number of carbonyl (C=O) groups excluding carboxylic acids is 2. The summed E-state index contributed by atoms with van der Waals surface area (Å²) in [6.45, 7) is 3.92. The zero-order chi connectivity index (χ0) is 23.4. The number of hydrogen-bond acceptors (Lipinski definition) is 4. The molecule has 0 saturated heterocycles. The third-order valence-electron chi connectivity index (χ3n) is 5.79.